The van der Waals surface area contributed by atoms with E-state index in [2.05, 4.69) is 5.32 Å². The summed E-state index contributed by atoms with van der Waals surface area (Å²) in [4.78, 5) is 12.4. The van der Waals surface area contributed by atoms with Gasteiger partial charge in [0.2, 0.25) is 0 Å². The van der Waals surface area contributed by atoms with Crippen LogP contribution in [0.3, 0.4) is 0 Å². The van der Waals surface area contributed by atoms with Crippen LogP contribution in [0.25, 0.3) is 0 Å². The van der Waals surface area contributed by atoms with Crippen molar-refractivity contribution in [1.29, 1.82) is 0 Å². The lowest BCUT2D eigenvalue weighted by Gasteiger charge is -2.18. The molecule has 22 heavy (non-hydrogen) atoms. The summed E-state index contributed by atoms with van der Waals surface area (Å²) >= 11 is 11.9. The van der Waals surface area contributed by atoms with Gasteiger partial charge in [0.05, 0.1) is 23.7 Å². The monoisotopic (exact) mass is 337 g/mol. The van der Waals surface area contributed by atoms with Gasteiger partial charge < -0.3 is 10.1 Å². The van der Waals surface area contributed by atoms with Crippen molar-refractivity contribution in [2.45, 2.75) is 19.9 Å². The number of hydrogen-bond acceptors (Lipinski definition) is 2. The van der Waals surface area contributed by atoms with E-state index in [1.165, 1.54) is 0 Å². The second-order valence-corrected chi connectivity index (χ2v) is 5.91. The molecule has 0 saturated heterocycles. The summed E-state index contributed by atoms with van der Waals surface area (Å²) in [7, 11) is 1.61. The molecule has 0 bridgehead atoms. The molecule has 0 spiro atoms. The molecule has 0 saturated carbocycles. The Hall–Kier alpha value is -1.71. The van der Waals surface area contributed by atoms with Crippen molar-refractivity contribution in [3.05, 3.63) is 63.1 Å². The molecule has 1 N–H and O–H groups in total. The van der Waals surface area contributed by atoms with Crippen LogP contribution in [0.15, 0.2) is 36.4 Å². The molecule has 0 fully saturated rings. The van der Waals surface area contributed by atoms with E-state index in [-0.39, 0.29) is 11.9 Å². The number of halogens is 2. The molecule has 0 aliphatic rings. The molecule has 5 heteroatoms. The van der Waals surface area contributed by atoms with Crippen molar-refractivity contribution < 1.29 is 9.53 Å². The molecule has 2 aromatic rings. The van der Waals surface area contributed by atoms with Crippen LogP contribution in [0.5, 0.6) is 5.75 Å². The first-order chi connectivity index (χ1) is 10.4. The van der Waals surface area contributed by atoms with Crippen LogP contribution in [0.1, 0.15) is 34.5 Å². The molecule has 2 aromatic carbocycles. The van der Waals surface area contributed by atoms with E-state index in [0.717, 1.165) is 16.9 Å². The maximum absolute atomic E-state index is 12.4. The van der Waals surface area contributed by atoms with E-state index in [1.54, 1.807) is 25.3 Å². The topological polar surface area (TPSA) is 38.3 Å². The third kappa shape index (κ3) is 3.73. The minimum Gasteiger partial charge on any atom is -0.496 e. The lowest BCUT2D eigenvalue weighted by atomic mass is 10.0. The maximum atomic E-state index is 12.4. The number of carbonyl (C=O) groups excluding carboxylic acids is 1. The number of aryl methyl sites for hydroxylation is 1. The summed E-state index contributed by atoms with van der Waals surface area (Å²) in [5.41, 5.74) is 2.41. The number of rotatable bonds is 4. The van der Waals surface area contributed by atoms with Crippen molar-refractivity contribution >= 4 is 29.1 Å². The van der Waals surface area contributed by atoms with Crippen LogP contribution in [-0.4, -0.2) is 13.0 Å². The molecule has 1 atom stereocenters. The second-order valence-electron chi connectivity index (χ2n) is 5.06. The van der Waals surface area contributed by atoms with Gasteiger partial charge >= 0.3 is 0 Å². The molecule has 0 aliphatic heterocycles. The molecule has 1 unspecified atom stereocenters. The first kappa shape index (κ1) is 16.7. The molecule has 0 aliphatic carbocycles. The standard InChI is InChI=1S/C17H17Cl2NO2/c1-10-4-7-16(22-3)14(8-10)11(2)20-17(21)13-6-5-12(18)9-15(13)19/h4-9,11H,1-3H3,(H,20,21). The fourth-order valence-electron chi connectivity index (χ4n) is 2.22. The van der Waals surface area contributed by atoms with Gasteiger partial charge in [0.15, 0.2) is 0 Å². The van der Waals surface area contributed by atoms with Gasteiger partial charge in [-0.3, -0.25) is 4.79 Å². The van der Waals surface area contributed by atoms with Crippen molar-refractivity contribution in [3.63, 3.8) is 0 Å². The van der Waals surface area contributed by atoms with Crippen molar-refractivity contribution in [1.82, 2.24) is 5.32 Å². The highest BCUT2D eigenvalue weighted by molar-refractivity contribution is 6.36. The van der Waals surface area contributed by atoms with Gasteiger partial charge in [0, 0.05) is 10.6 Å². The third-order valence-corrected chi connectivity index (χ3v) is 3.92. The summed E-state index contributed by atoms with van der Waals surface area (Å²) in [5.74, 6) is 0.485. The smallest absolute Gasteiger partial charge is 0.253 e. The Morgan fingerprint density at radius 1 is 1.18 bits per heavy atom. The van der Waals surface area contributed by atoms with E-state index in [9.17, 15) is 4.79 Å². The van der Waals surface area contributed by atoms with Gasteiger partial charge in [-0.2, -0.15) is 0 Å². The fourth-order valence-corrected chi connectivity index (χ4v) is 2.71. The van der Waals surface area contributed by atoms with Gasteiger partial charge in [0.1, 0.15) is 5.75 Å². The quantitative estimate of drug-likeness (QED) is 0.869. The molecule has 1 amide bonds. The first-order valence-corrected chi connectivity index (χ1v) is 7.58. The van der Waals surface area contributed by atoms with Crippen LogP contribution in [-0.2, 0) is 0 Å². The third-order valence-electron chi connectivity index (χ3n) is 3.38. The average Bonchev–Trinajstić information content (AvgIpc) is 2.46. The van der Waals surface area contributed by atoms with Gasteiger partial charge in [-0.05, 0) is 38.1 Å². The van der Waals surface area contributed by atoms with Crippen LogP contribution >= 0.6 is 23.2 Å². The van der Waals surface area contributed by atoms with E-state index in [1.807, 2.05) is 32.0 Å². The zero-order valence-corrected chi connectivity index (χ0v) is 14.1. The largest absolute Gasteiger partial charge is 0.496 e. The molecular formula is C17H17Cl2NO2. The minimum absolute atomic E-state index is 0.214. The molecule has 0 heterocycles. The number of hydrogen-bond donors (Lipinski definition) is 1. The van der Waals surface area contributed by atoms with E-state index < -0.39 is 0 Å². The van der Waals surface area contributed by atoms with Crippen LogP contribution in [0, 0.1) is 6.92 Å². The van der Waals surface area contributed by atoms with E-state index in [4.69, 9.17) is 27.9 Å². The Kier molecular flexibility index (Phi) is 5.33. The second kappa shape index (κ2) is 7.03. The number of amides is 1. The fraction of sp³-hybridized carbons (Fsp3) is 0.235. The van der Waals surface area contributed by atoms with Crippen LogP contribution < -0.4 is 10.1 Å². The SMILES string of the molecule is COc1ccc(C)cc1C(C)NC(=O)c1ccc(Cl)cc1Cl. The van der Waals surface area contributed by atoms with Crippen molar-refractivity contribution in [2.75, 3.05) is 7.11 Å². The predicted molar refractivity (Wildman–Crippen MR) is 90.1 cm³/mol. The summed E-state index contributed by atoms with van der Waals surface area (Å²) in [5, 5.41) is 3.75. The summed E-state index contributed by atoms with van der Waals surface area (Å²) in [6.07, 6.45) is 0. The molecule has 3 nitrogen and oxygen atoms in total. The zero-order valence-electron chi connectivity index (χ0n) is 12.6. The highest BCUT2D eigenvalue weighted by atomic mass is 35.5. The first-order valence-electron chi connectivity index (χ1n) is 6.83. The van der Waals surface area contributed by atoms with E-state index in [0.29, 0.717) is 15.6 Å². The zero-order chi connectivity index (χ0) is 16.3. The average molecular weight is 338 g/mol. The lowest BCUT2D eigenvalue weighted by molar-refractivity contribution is 0.0939. The number of nitrogens with one attached hydrogen (secondary N) is 1. The highest BCUT2D eigenvalue weighted by Gasteiger charge is 2.17. The van der Waals surface area contributed by atoms with Crippen LogP contribution in [0.2, 0.25) is 10.0 Å². The highest BCUT2D eigenvalue weighted by Crippen LogP contribution is 2.27. The minimum atomic E-state index is -0.252. The van der Waals surface area contributed by atoms with Gasteiger partial charge in [0.25, 0.3) is 5.91 Å². The predicted octanol–water partition coefficient (Wildman–Crippen LogP) is 4.80. The molecule has 116 valence electrons. The molecule has 2 rings (SSSR count). The Morgan fingerprint density at radius 2 is 1.91 bits per heavy atom. The molecule has 0 radical (unpaired) electrons. The van der Waals surface area contributed by atoms with E-state index >= 15 is 0 Å². The number of methoxy groups -OCH3 is 1. The summed E-state index contributed by atoms with van der Waals surface area (Å²) in [6.45, 7) is 3.90. The molecule has 0 aromatic heterocycles. The number of carbonyl (C=O) groups is 1. The number of ether oxygens (including phenoxy) is 1. The Morgan fingerprint density at radius 3 is 2.55 bits per heavy atom. The maximum Gasteiger partial charge on any atom is 0.253 e. The van der Waals surface area contributed by atoms with Gasteiger partial charge in [-0.15, -0.1) is 0 Å². The van der Waals surface area contributed by atoms with Gasteiger partial charge in [-0.25, -0.2) is 0 Å². The Bertz CT molecular complexity index is 701. The number of benzene rings is 2. The van der Waals surface area contributed by atoms with Crippen molar-refractivity contribution in [3.8, 4) is 5.75 Å². The van der Waals surface area contributed by atoms with Crippen LogP contribution in [0.4, 0.5) is 0 Å². The Balaban J connectivity index is 2.23. The summed E-state index contributed by atoms with van der Waals surface area (Å²) in [6, 6.07) is 10.4. The Labute approximate surface area is 140 Å². The van der Waals surface area contributed by atoms with Gasteiger partial charge in [-0.1, -0.05) is 40.9 Å². The molecular weight excluding hydrogens is 321 g/mol. The lowest BCUT2D eigenvalue weighted by Crippen LogP contribution is -2.27. The summed E-state index contributed by atoms with van der Waals surface area (Å²) < 4.78 is 5.35. The van der Waals surface area contributed by atoms with Crippen molar-refractivity contribution in [2.24, 2.45) is 0 Å². The normalized spacial score (nSPS) is 11.9.